The van der Waals surface area contributed by atoms with Gasteiger partial charge in [-0.25, -0.2) is 0 Å². The van der Waals surface area contributed by atoms with Crippen LogP contribution in [0.1, 0.15) is 58.3 Å². The van der Waals surface area contributed by atoms with E-state index >= 15 is 0 Å². The van der Waals surface area contributed by atoms with E-state index in [4.69, 9.17) is 5.73 Å². The highest BCUT2D eigenvalue weighted by molar-refractivity contribution is 5.17. The minimum Gasteiger partial charge on any atom is -0.330 e. The van der Waals surface area contributed by atoms with E-state index in [0.29, 0.717) is 0 Å². The molecule has 0 heterocycles. The fourth-order valence-electron chi connectivity index (χ4n) is 2.74. The van der Waals surface area contributed by atoms with E-state index in [-0.39, 0.29) is 0 Å². The molecule has 0 fully saturated rings. The Morgan fingerprint density at radius 3 is 2.59 bits per heavy atom. The van der Waals surface area contributed by atoms with Gasteiger partial charge in [-0.3, -0.25) is 0 Å². The topological polar surface area (TPSA) is 26.0 Å². The molecule has 0 saturated heterocycles. The van der Waals surface area contributed by atoms with E-state index in [1.807, 2.05) is 0 Å². The molecule has 0 aliphatic heterocycles. The number of hydrogen-bond donors (Lipinski definition) is 1. The van der Waals surface area contributed by atoms with Gasteiger partial charge in [0.15, 0.2) is 0 Å². The van der Waals surface area contributed by atoms with Gasteiger partial charge in [-0.2, -0.15) is 0 Å². The van der Waals surface area contributed by atoms with E-state index in [1.54, 1.807) is 5.57 Å². The minimum absolute atomic E-state index is 0.774. The van der Waals surface area contributed by atoms with Crippen molar-refractivity contribution >= 4 is 0 Å². The monoisotopic (exact) mass is 235 g/mol. The van der Waals surface area contributed by atoms with Crippen LogP contribution >= 0.6 is 0 Å². The molecule has 2 unspecified atom stereocenters. The van der Waals surface area contributed by atoms with Crippen molar-refractivity contribution < 1.29 is 0 Å². The summed E-state index contributed by atoms with van der Waals surface area (Å²) in [6.45, 7) is 7.17. The smallest absolute Gasteiger partial charge is 0.00773 e. The molecule has 0 amide bonds. The van der Waals surface area contributed by atoms with Gasteiger partial charge in [-0.1, -0.05) is 50.3 Å². The molecular weight excluding hydrogens is 206 g/mol. The lowest BCUT2D eigenvalue weighted by molar-refractivity contribution is 0.356. The Hall–Kier alpha value is -0.560. The third kappa shape index (κ3) is 5.08. The van der Waals surface area contributed by atoms with Crippen LogP contribution in [0.15, 0.2) is 24.3 Å². The van der Waals surface area contributed by atoms with Crippen LogP contribution in [0.2, 0.25) is 0 Å². The summed E-state index contributed by atoms with van der Waals surface area (Å²) in [5.74, 6) is 1.59. The first-order valence-corrected chi connectivity index (χ1v) is 7.29. The number of unbranched alkanes of at least 4 members (excludes halogenated alkanes) is 3. The first kappa shape index (κ1) is 14.5. The summed E-state index contributed by atoms with van der Waals surface area (Å²) in [5.41, 5.74) is 7.20. The summed E-state index contributed by atoms with van der Waals surface area (Å²) in [7, 11) is 0. The maximum absolute atomic E-state index is 5.51. The molecular formula is C16H29N. The highest BCUT2D eigenvalue weighted by Gasteiger charge is 2.22. The van der Waals surface area contributed by atoms with Crippen molar-refractivity contribution in [3.8, 4) is 0 Å². The third-order valence-electron chi connectivity index (χ3n) is 4.04. The van der Waals surface area contributed by atoms with Crippen molar-refractivity contribution in [3.63, 3.8) is 0 Å². The Labute approximate surface area is 107 Å². The zero-order valence-corrected chi connectivity index (χ0v) is 11.5. The zero-order valence-electron chi connectivity index (χ0n) is 11.5. The van der Waals surface area contributed by atoms with Gasteiger partial charge in [-0.05, 0) is 44.1 Å². The Bertz CT molecular complexity index is 242. The largest absolute Gasteiger partial charge is 0.330 e. The molecule has 1 aliphatic carbocycles. The van der Waals surface area contributed by atoms with Gasteiger partial charge >= 0.3 is 0 Å². The molecule has 1 rings (SSSR count). The molecule has 1 aliphatic rings. The molecule has 0 aromatic carbocycles. The van der Waals surface area contributed by atoms with Crippen molar-refractivity contribution in [2.75, 3.05) is 6.54 Å². The lowest BCUT2D eigenvalue weighted by Crippen LogP contribution is -2.17. The van der Waals surface area contributed by atoms with Crippen molar-refractivity contribution in [1.29, 1.82) is 0 Å². The Kier molecular flexibility index (Phi) is 7.27. The number of rotatable bonds is 10. The molecule has 1 nitrogen and oxygen atoms in total. The molecule has 0 saturated carbocycles. The minimum atomic E-state index is 0.774. The van der Waals surface area contributed by atoms with Crippen molar-refractivity contribution in [3.05, 3.63) is 24.3 Å². The fourth-order valence-corrected chi connectivity index (χ4v) is 2.74. The summed E-state index contributed by atoms with van der Waals surface area (Å²) in [6.07, 6.45) is 14.9. The summed E-state index contributed by atoms with van der Waals surface area (Å²) < 4.78 is 0. The lowest BCUT2D eigenvalue weighted by Gasteiger charge is -2.29. The first-order valence-electron chi connectivity index (χ1n) is 7.29. The predicted molar refractivity (Wildman–Crippen MR) is 76.9 cm³/mol. The molecule has 17 heavy (non-hydrogen) atoms. The Morgan fingerprint density at radius 2 is 2.06 bits per heavy atom. The lowest BCUT2D eigenvalue weighted by atomic mass is 9.76. The average molecular weight is 235 g/mol. The molecule has 2 atom stereocenters. The summed E-state index contributed by atoms with van der Waals surface area (Å²) in [6, 6.07) is 0. The molecule has 0 aromatic heterocycles. The quantitative estimate of drug-likeness (QED) is 0.439. The van der Waals surface area contributed by atoms with Crippen molar-refractivity contribution in [1.82, 2.24) is 0 Å². The van der Waals surface area contributed by atoms with Crippen molar-refractivity contribution in [2.45, 2.75) is 58.3 Å². The van der Waals surface area contributed by atoms with Crippen LogP contribution in [0.25, 0.3) is 0 Å². The van der Waals surface area contributed by atoms with Gasteiger partial charge in [0.1, 0.15) is 0 Å². The van der Waals surface area contributed by atoms with Crippen LogP contribution in [0.5, 0.6) is 0 Å². The van der Waals surface area contributed by atoms with Gasteiger partial charge in [0.05, 0.1) is 0 Å². The number of nitrogens with two attached hydrogens (primary N) is 1. The second-order valence-electron chi connectivity index (χ2n) is 5.42. The van der Waals surface area contributed by atoms with Crippen LogP contribution < -0.4 is 5.73 Å². The van der Waals surface area contributed by atoms with Crippen LogP contribution in [0.3, 0.4) is 0 Å². The fraction of sp³-hybridized carbons (Fsp3) is 0.750. The normalized spacial score (nSPS) is 18.1. The molecule has 1 heteroatoms. The Balaban J connectivity index is 2.22. The second-order valence-corrected chi connectivity index (χ2v) is 5.42. The van der Waals surface area contributed by atoms with Crippen LogP contribution in [-0.2, 0) is 0 Å². The maximum Gasteiger partial charge on any atom is -0.00773 e. The van der Waals surface area contributed by atoms with E-state index in [0.717, 1.165) is 24.8 Å². The number of hydrogen-bond acceptors (Lipinski definition) is 1. The average Bonchev–Trinajstić information content (AvgIpc) is 2.25. The molecule has 0 aromatic rings. The summed E-state index contributed by atoms with van der Waals surface area (Å²) in [5, 5.41) is 0. The van der Waals surface area contributed by atoms with E-state index in [2.05, 4.69) is 25.7 Å². The maximum atomic E-state index is 5.51. The van der Waals surface area contributed by atoms with Gasteiger partial charge in [0.25, 0.3) is 0 Å². The molecule has 98 valence electrons. The van der Waals surface area contributed by atoms with E-state index < -0.39 is 0 Å². The standard InChI is InChI=1S/C16H29N/c1-3-9-16(15-11-8-12-15)14(2)10-6-4-5-7-13-17/h3,11,14,16H,1,4-10,12-13,17H2,2H3. The van der Waals surface area contributed by atoms with Gasteiger partial charge in [-0.15, -0.1) is 6.58 Å². The van der Waals surface area contributed by atoms with Crippen LogP contribution in [-0.4, -0.2) is 6.54 Å². The molecule has 0 bridgehead atoms. The second kappa shape index (κ2) is 8.52. The predicted octanol–water partition coefficient (Wildman–Crippen LogP) is 4.44. The first-order chi connectivity index (χ1) is 8.29. The van der Waals surface area contributed by atoms with E-state index in [1.165, 1.54) is 44.9 Å². The third-order valence-corrected chi connectivity index (χ3v) is 4.04. The highest BCUT2D eigenvalue weighted by Crippen LogP contribution is 2.35. The van der Waals surface area contributed by atoms with Crippen molar-refractivity contribution in [2.24, 2.45) is 17.6 Å². The Morgan fingerprint density at radius 1 is 1.35 bits per heavy atom. The molecule has 0 spiro atoms. The van der Waals surface area contributed by atoms with Gasteiger partial charge < -0.3 is 5.73 Å². The van der Waals surface area contributed by atoms with Crippen LogP contribution in [0, 0.1) is 11.8 Å². The summed E-state index contributed by atoms with van der Waals surface area (Å²) in [4.78, 5) is 0. The van der Waals surface area contributed by atoms with Gasteiger partial charge in [0.2, 0.25) is 0 Å². The van der Waals surface area contributed by atoms with E-state index in [9.17, 15) is 0 Å². The highest BCUT2D eigenvalue weighted by atomic mass is 14.5. The molecule has 0 radical (unpaired) electrons. The number of allylic oxidation sites excluding steroid dienone is 3. The SMILES string of the molecule is C=CCC(C1=CCC1)C(C)CCCCCCN. The van der Waals surface area contributed by atoms with Crippen LogP contribution in [0.4, 0.5) is 0 Å². The zero-order chi connectivity index (χ0) is 12.5. The van der Waals surface area contributed by atoms with Gasteiger partial charge in [0, 0.05) is 0 Å². The summed E-state index contributed by atoms with van der Waals surface area (Å²) >= 11 is 0. The molecule has 2 N–H and O–H groups in total.